The van der Waals surface area contributed by atoms with E-state index >= 15 is 0 Å². The average molecular weight is 277 g/mol. The number of carbonyl (C=O) groups is 2. The molecule has 0 unspecified atom stereocenters. The molecular formula is C15H23N3O2. The number of carbonyl (C=O) groups excluding carboxylic acids is 2. The van der Waals surface area contributed by atoms with E-state index in [0.717, 1.165) is 38.5 Å². The number of nitrogens with one attached hydrogen (secondary N) is 2. The molecule has 0 aromatic rings. The topological polar surface area (TPSA) is 82.0 Å². The standard InChI is InChI=1S/C15H23N3O2/c16-11-15(8-3-1-2-4-9-15)14(20)17-10-7-13(19)18-12-5-6-12/h12H,1-10H2,(H,17,20)(H,18,19). The van der Waals surface area contributed by atoms with Gasteiger partial charge in [-0.25, -0.2) is 0 Å². The molecule has 0 saturated heterocycles. The van der Waals surface area contributed by atoms with Crippen molar-refractivity contribution in [3.8, 4) is 6.07 Å². The molecule has 2 amide bonds. The second-order valence-electron chi connectivity index (χ2n) is 5.96. The SMILES string of the molecule is N#CC1(C(=O)NCCC(=O)NC2CC2)CCCCCC1. The fourth-order valence-corrected chi connectivity index (χ4v) is 2.71. The third kappa shape index (κ3) is 3.96. The van der Waals surface area contributed by atoms with Crippen molar-refractivity contribution in [2.75, 3.05) is 6.54 Å². The molecule has 5 heteroatoms. The highest BCUT2D eigenvalue weighted by Crippen LogP contribution is 2.34. The van der Waals surface area contributed by atoms with Crippen LogP contribution in [0.2, 0.25) is 0 Å². The Kier molecular flexibility index (Phi) is 4.99. The molecule has 0 aliphatic heterocycles. The molecule has 2 rings (SSSR count). The summed E-state index contributed by atoms with van der Waals surface area (Å²) in [6, 6.07) is 2.58. The fourth-order valence-electron chi connectivity index (χ4n) is 2.71. The lowest BCUT2D eigenvalue weighted by molar-refractivity contribution is -0.129. The molecule has 0 aromatic carbocycles. The number of hydrogen-bond donors (Lipinski definition) is 2. The number of amides is 2. The highest BCUT2D eigenvalue weighted by Gasteiger charge is 2.38. The zero-order chi connectivity index (χ0) is 14.4. The van der Waals surface area contributed by atoms with E-state index < -0.39 is 5.41 Å². The number of nitrogens with zero attached hydrogens (tertiary/aromatic N) is 1. The lowest BCUT2D eigenvalue weighted by Crippen LogP contribution is -2.41. The van der Waals surface area contributed by atoms with E-state index in [2.05, 4.69) is 16.7 Å². The van der Waals surface area contributed by atoms with E-state index in [0.29, 0.717) is 31.8 Å². The van der Waals surface area contributed by atoms with Crippen LogP contribution in [0.25, 0.3) is 0 Å². The van der Waals surface area contributed by atoms with Crippen molar-refractivity contribution in [1.82, 2.24) is 10.6 Å². The van der Waals surface area contributed by atoms with Gasteiger partial charge >= 0.3 is 0 Å². The monoisotopic (exact) mass is 277 g/mol. The molecule has 2 N–H and O–H groups in total. The minimum absolute atomic E-state index is 0.0142. The summed E-state index contributed by atoms with van der Waals surface area (Å²) < 4.78 is 0. The predicted molar refractivity (Wildman–Crippen MR) is 74.5 cm³/mol. The first-order valence-corrected chi connectivity index (χ1v) is 7.65. The first-order chi connectivity index (χ1) is 9.66. The van der Waals surface area contributed by atoms with Crippen molar-refractivity contribution in [3.05, 3.63) is 0 Å². The van der Waals surface area contributed by atoms with Crippen LogP contribution >= 0.6 is 0 Å². The van der Waals surface area contributed by atoms with E-state index in [1.54, 1.807) is 0 Å². The van der Waals surface area contributed by atoms with Gasteiger partial charge in [-0.05, 0) is 25.7 Å². The van der Waals surface area contributed by atoms with Crippen LogP contribution in [-0.4, -0.2) is 24.4 Å². The van der Waals surface area contributed by atoms with Gasteiger partial charge in [-0.1, -0.05) is 25.7 Å². The molecule has 2 aliphatic rings. The summed E-state index contributed by atoms with van der Waals surface area (Å²) in [7, 11) is 0. The van der Waals surface area contributed by atoms with Gasteiger partial charge in [-0.2, -0.15) is 5.26 Å². The van der Waals surface area contributed by atoms with Crippen molar-refractivity contribution in [3.63, 3.8) is 0 Å². The highest BCUT2D eigenvalue weighted by molar-refractivity contribution is 5.86. The minimum atomic E-state index is -0.872. The summed E-state index contributed by atoms with van der Waals surface area (Å²) >= 11 is 0. The largest absolute Gasteiger partial charge is 0.354 e. The molecule has 0 radical (unpaired) electrons. The van der Waals surface area contributed by atoms with Crippen molar-refractivity contribution in [2.24, 2.45) is 5.41 Å². The summed E-state index contributed by atoms with van der Waals surface area (Å²) in [5.41, 5.74) is -0.872. The zero-order valence-electron chi connectivity index (χ0n) is 11.9. The Morgan fingerprint density at radius 2 is 1.80 bits per heavy atom. The van der Waals surface area contributed by atoms with Crippen LogP contribution in [0.1, 0.15) is 57.8 Å². The van der Waals surface area contributed by atoms with Gasteiger partial charge < -0.3 is 10.6 Å². The second kappa shape index (κ2) is 6.74. The van der Waals surface area contributed by atoms with E-state index in [1.807, 2.05) is 0 Å². The molecular weight excluding hydrogens is 254 g/mol. The van der Waals surface area contributed by atoms with Gasteiger partial charge in [0.2, 0.25) is 11.8 Å². The molecule has 2 saturated carbocycles. The van der Waals surface area contributed by atoms with E-state index in [1.165, 1.54) is 0 Å². The van der Waals surface area contributed by atoms with Gasteiger partial charge in [-0.15, -0.1) is 0 Å². The van der Waals surface area contributed by atoms with Crippen LogP contribution in [-0.2, 0) is 9.59 Å². The summed E-state index contributed by atoms with van der Waals surface area (Å²) in [6.07, 6.45) is 7.77. The van der Waals surface area contributed by atoms with Gasteiger partial charge in [0.25, 0.3) is 0 Å². The summed E-state index contributed by atoms with van der Waals surface area (Å²) in [4.78, 5) is 23.8. The molecule has 0 aromatic heterocycles. The number of rotatable bonds is 5. The molecule has 0 bridgehead atoms. The van der Waals surface area contributed by atoms with E-state index in [9.17, 15) is 14.9 Å². The Balaban J connectivity index is 1.76. The first-order valence-electron chi connectivity index (χ1n) is 7.65. The summed E-state index contributed by atoms with van der Waals surface area (Å²) in [6.45, 7) is 0.320. The molecule has 110 valence electrons. The van der Waals surface area contributed by atoms with Gasteiger partial charge in [0.05, 0.1) is 6.07 Å². The Bertz CT molecular complexity index is 402. The van der Waals surface area contributed by atoms with Crippen LogP contribution in [0.15, 0.2) is 0 Å². The van der Waals surface area contributed by atoms with Crippen LogP contribution in [0, 0.1) is 16.7 Å². The summed E-state index contributed by atoms with van der Waals surface area (Å²) in [5, 5.41) is 15.0. The highest BCUT2D eigenvalue weighted by atomic mass is 16.2. The van der Waals surface area contributed by atoms with Crippen molar-refractivity contribution in [2.45, 2.75) is 63.8 Å². The van der Waals surface area contributed by atoms with Gasteiger partial charge in [-0.3, -0.25) is 9.59 Å². The molecule has 2 aliphatic carbocycles. The second-order valence-corrected chi connectivity index (χ2v) is 5.96. The van der Waals surface area contributed by atoms with Crippen LogP contribution in [0.4, 0.5) is 0 Å². The third-order valence-corrected chi connectivity index (χ3v) is 4.19. The Hall–Kier alpha value is -1.57. The molecule has 2 fully saturated rings. The maximum absolute atomic E-state index is 12.3. The maximum atomic E-state index is 12.3. The number of nitriles is 1. The quantitative estimate of drug-likeness (QED) is 0.749. The van der Waals surface area contributed by atoms with Crippen molar-refractivity contribution in [1.29, 1.82) is 5.26 Å². The third-order valence-electron chi connectivity index (χ3n) is 4.19. The molecule has 0 spiro atoms. The summed E-state index contributed by atoms with van der Waals surface area (Å²) in [5.74, 6) is -0.208. The van der Waals surface area contributed by atoms with E-state index in [-0.39, 0.29) is 11.8 Å². The predicted octanol–water partition coefficient (Wildman–Crippen LogP) is 1.64. The number of hydrogen-bond acceptors (Lipinski definition) is 3. The lowest BCUT2D eigenvalue weighted by Gasteiger charge is -2.23. The average Bonchev–Trinajstić information content (AvgIpc) is 3.25. The van der Waals surface area contributed by atoms with Crippen molar-refractivity contribution < 1.29 is 9.59 Å². The Labute approximate surface area is 120 Å². The molecule has 0 heterocycles. The van der Waals surface area contributed by atoms with E-state index in [4.69, 9.17) is 0 Å². The maximum Gasteiger partial charge on any atom is 0.240 e. The molecule has 20 heavy (non-hydrogen) atoms. The molecule has 5 nitrogen and oxygen atoms in total. The normalized spacial score (nSPS) is 21.4. The van der Waals surface area contributed by atoms with Gasteiger partial charge in [0.15, 0.2) is 0 Å². The fraction of sp³-hybridized carbons (Fsp3) is 0.800. The Morgan fingerprint density at radius 1 is 1.15 bits per heavy atom. The van der Waals surface area contributed by atoms with Gasteiger partial charge in [0, 0.05) is 19.0 Å². The Morgan fingerprint density at radius 3 is 2.35 bits per heavy atom. The first kappa shape index (κ1) is 14.8. The zero-order valence-corrected chi connectivity index (χ0v) is 11.9. The lowest BCUT2D eigenvalue weighted by atomic mass is 9.81. The van der Waals surface area contributed by atoms with Crippen LogP contribution < -0.4 is 10.6 Å². The van der Waals surface area contributed by atoms with Crippen LogP contribution in [0.5, 0.6) is 0 Å². The minimum Gasteiger partial charge on any atom is -0.354 e. The van der Waals surface area contributed by atoms with Gasteiger partial charge in [0.1, 0.15) is 5.41 Å². The molecule has 0 atom stereocenters. The smallest absolute Gasteiger partial charge is 0.240 e. The van der Waals surface area contributed by atoms with Crippen LogP contribution in [0.3, 0.4) is 0 Å². The van der Waals surface area contributed by atoms with Crippen molar-refractivity contribution >= 4 is 11.8 Å².